The molecule has 0 fully saturated rings. The quantitative estimate of drug-likeness (QED) is 0.757. The third kappa shape index (κ3) is 4.23. The first-order valence-electron chi connectivity index (χ1n) is 5.11. The molecule has 2 nitrogen and oxygen atoms in total. The van der Waals surface area contributed by atoms with E-state index in [1.165, 1.54) is 6.07 Å². The van der Waals surface area contributed by atoms with Gasteiger partial charge in [-0.15, -0.1) is 0 Å². The highest BCUT2D eigenvalue weighted by Crippen LogP contribution is 2.11. The lowest BCUT2D eigenvalue weighted by Crippen LogP contribution is -2.30. The molecule has 0 unspecified atom stereocenters. The van der Waals surface area contributed by atoms with Gasteiger partial charge in [-0.1, -0.05) is 18.2 Å². The topological polar surface area (TPSA) is 29.1 Å². The van der Waals surface area contributed by atoms with Crippen molar-refractivity contribution in [1.29, 1.82) is 0 Å². The molecular weight excluding hydrogens is 225 g/mol. The molecule has 4 heteroatoms. The average Bonchev–Trinajstić information content (AvgIpc) is 2.29. The van der Waals surface area contributed by atoms with Crippen LogP contribution in [0.5, 0.6) is 0 Å². The minimum atomic E-state index is -0.231. The second-order valence-corrected chi connectivity index (χ2v) is 4.23. The Bertz CT molecular complexity index is 357. The first-order valence-corrected chi connectivity index (χ1v) is 5.62. The van der Waals surface area contributed by atoms with Crippen LogP contribution in [0.2, 0.25) is 0 Å². The van der Waals surface area contributed by atoms with Crippen LogP contribution in [0.1, 0.15) is 12.0 Å². The van der Waals surface area contributed by atoms with Crippen LogP contribution in [0.4, 0.5) is 4.39 Å². The fourth-order valence-corrected chi connectivity index (χ4v) is 1.60. The molecule has 1 amide bonds. The number of thiol groups is 1. The Hall–Kier alpha value is -1.03. The van der Waals surface area contributed by atoms with E-state index in [0.29, 0.717) is 18.5 Å². The van der Waals surface area contributed by atoms with Crippen molar-refractivity contribution in [2.45, 2.75) is 18.1 Å². The summed E-state index contributed by atoms with van der Waals surface area (Å²) >= 11 is 4.30. The average molecular weight is 240 g/mol. The molecule has 0 saturated heterocycles. The van der Waals surface area contributed by atoms with Crippen LogP contribution in [-0.2, 0) is 11.2 Å². The molecule has 0 aliphatic rings. The predicted octanol–water partition coefficient (Wildman–Crippen LogP) is 2.01. The minimum Gasteiger partial charge on any atom is -0.355 e. The lowest BCUT2D eigenvalue weighted by atomic mass is 10.1. The molecule has 0 aliphatic carbocycles. The highest BCUT2D eigenvalue weighted by atomic mass is 32.1. The van der Waals surface area contributed by atoms with Gasteiger partial charge in [-0.3, -0.25) is 4.79 Å². The van der Waals surface area contributed by atoms with Crippen molar-refractivity contribution in [2.24, 2.45) is 0 Å². The molecule has 87 valence electrons. The van der Waals surface area contributed by atoms with Crippen LogP contribution < -0.4 is 5.32 Å². The van der Waals surface area contributed by atoms with Crippen molar-refractivity contribution in [3.8, 4) is 0 Å². The first kappa shape index (κ1) is 13.0. The molecule has 0 aliphatic heterocycles. The summed E-state index contributed by atoms with van der Waals surface area (Å²) in [7, 11) is 0. The van der Waals surface area contributed by atoms with Crippen LogP contribution >= 0.6 is 12.6 Å². The third-order valence-corrected chi connectivity index (χ3v) is 2.54. The Morgan fingerprint density at radius 3 is 2.81 bits per heavy atom. The van der Waals surface area contributed by atoms with Gasteiger partial charge >= 0.3 is 0 Å². The second-order valence-electron chi connectivity index (χ2n) is 3.50. The lowest BCUT2D eigenvalue weighted by Gasteiger charge is -2.12. The van der Waals surface area contributed by atoms with Crippen molar-refractivity contribution >= 4 is 18.5 Å². The van der Waals surface area contributed by atoms with E-state index >= 15 is 0 Å². The maximum atomic E-state index is 13.3. The fourth-order valence-electron chi connectivity index (χ4n) is 1.31. The summed E-state index contributed by atoms with van der Waals surface area (Å²) in [6, 6.07) is 6.58. The van der Waals surface area contributed by atoms with Gasteiger partial charge in [0.05, 0.1) is 0 Å². The number of rotatable bonds is 5. The highest BCUT2D eigenvalue weighted by Gasteiger charge is 2.08. The van der Waals surface area contributed by atoms with Gasteiger partial charge in [0.25, 0.3) is 0 Å². The molecule has 1 aromatic rings. The van der Waals surface area contributed by atoms with Gasteiger partial charge in [0, 0.05) is 18.2 Å². The Kier molecular flexibility index (Phi) is 5.32. The zero-order chi connectivity index (χ0) is 12.0. The van der Waals surface area contributed by atoms with Crippen molar-refractivity contribution in [2.75, 3.05) is 6.54 Å². The summed E-state index contributed by atoms with van der Waals surface area (Å²) in [5.74, 6) is -0.349. The fraction of sp³-hybridized carbons (Fsp3) is 0.333. The second kappa shape index (κ2) is 6.53. The van der Waals surface area contributed by atoms with Crippen LogP contribution in [0, 0.1) is 12.7 Å². The van der Waals surface area contributed by atoms with E-state index in [1.807, 2.05) is 0 Å². The smallest absolute Gasteiger partial charge is 0.220 e. The van der Waals surface area contributed by atoms with Gasteiger partial charge in [-0.05, 0) is 25.0 Å². The summed E-state index contributed by atoms with van der Waals surface area (Å²) in [6.07, 6.45) is 0.702. The van der Waals surface area contributed by atoms with Crippen LogP contribution in [-0.4, -0.2) is 17.7 Å². The summed E-state index contributed by atoms with van der Waals surface area (Å²) < 4.78 is 13.3. The van der Waals surface area contributed by atoms with E-state index in [2.05, 4.69) is 24.9 Å². The van der Waals surface area contributed by atoms with E-state index in [-0.39, 0.29) is 23.4 Å². The highest BCUT2D eigenvalue weighted by molar-refractivity contribution is 7.81. The van der Waals surface area contributed by atoms with Crippen molar-refractivity contribution < 1.29 is 9.18 Å². The van der Waals surface area contributed by atoms with E-state index < -0.39 is 0 Å². The summed E-state index contributed by atoms with van der Waals surface area (Å²) in [6.45, 7) is 3.89. The maximum Gasteiger partial charge on any atom is 0.220 e. The third-order valence-electron chi connectivity index (χ3n) is 2.18. The molecule has 1 atom stereocenters. The molecule has 0 heterocycles. The monoisotopic (exact) mass is 240 g/mol. The molecule has 0 saturated carbocycles. The number of hydrogen-bond acceptors (Lipinski definition) is 2. The van der Waals surface area contributed by atoms with Crippen LogP contribution in [0.25, 0.3) is 0 Å². The minimum absolute atomic E-state index is 0.0904. The molecule has 0 aromatic heterocycles. The molecule has 1 aromatic carbocycles. The molecule has 0 bridgehead atoms. The van der Waals surface area contributed by atoms with E-state index in [1.54, 1.807) is 18.2 Å². The lowest BCUT2D eigenvalue weighted by molar-refractivity contribution is -0.120. The number of benzene rings is 1. The van der Waals surface area contributed by atoms with Crippen molar-refractivity contribution in [1.82, 2.24) is 5.32 Å². The summed E-state index contributed by atoms with van der Waals surface area (Å²) in [5, 5.41) is 2.58. The number of nitrogens with one attached hydrogen (secondary N) is 1. The number of amides is 1. The van der Waals surface area contributed by atoms with E-state index in [9.17, 15) is 9.18 Å². The molecule has 1 rings (SSSR count). The van der Waals surface area contributed by atoms with E-state index in [4.69, 9.17) is 0 Å². The van der Waals surface area contributed by atoms with Crippen molar-refractivity contribution in [3.05, 3.63) is 42.6 Å². The number of hydrogen-bond donors (Lipinski definition) is 2. The molecule has 16 heavy (non-hydrogen) atoms. The van der Waals surface area contributed by atoms with Crippen molar-refractivity contribution in [3.63, 3.8) is 0 Å². The Morgan fingerprint density at radius 2 is 2.19 bits per heavy atom. The number of carbonyl (C=O) groups excluding carboxylic acids is 1. The predicted molar refractivity (Wildman–Crippen MR) is 65.9 cm³/mol. The number of carbonyl (C=O) groups is 1. The Labute approximate surface area is 101 Å². The molecule has 1 N–H and O–H groups in total. The summed E-state index contributed by atoms with van der Waals surface area (Å²) in [5.41, 5.74) is 0.617. The zero-order valence-electron chi connectivity index (χ0n) is 8.95. The normalized spacial score (nSPS) is 12.2. The summed E-state index contributed by atoms with van der Waals surface area (Å²) in [4.78, 5) is 11.0. The largest absolute Gasteiger partial charge is 0.355 e. The Balaban J connectivity index is 2.43. The van der Waals surface area contributed by atoms with Gasteiger partial charge in [-0.2, -0.15) is 12.6 Å². The number of halogens is 1. The van der Waals surface area contributed by atoms with Crippen LogP contribution in [0.3, 0.4) is 0 Å². The van der Waals surface area contributed by atoms with Gasteiger partial charge in [0.1, 0.15) is 5.82 Å². The Morgan fingerprint density at radius 1 is 1.50 bits per heavy atom. The van der Waals surface area contributed by atoms with Gasteiger partial charge in [0.15, 0.2) is 0 Å². The van der Waals surface area contributed by atoms with Gasteiger partial charge in [0.2, 0.25) is 5.91 Å². The maximum absolute atomic E-state index is 13.3. The van der Waals surface area contributed by atoms with Gasteiger partial charge < -0.3 is 5.32 Å². The van der Waals surface area contributed by atoms with Gasteiger partial charge in [-0.25, -0.2) is 4.39 Å². The molecule has 1 radical (unpaired) electrons. The van der Waals surface area contributed by atoms with Crippen LogP contribution in [0.15, 0.2) is 24.3 Å². The SMILES string of the molecule is [CH2]CC(=O)NC[C@H](S)Cc1ccccc1F. The first-order chi connectivity index (χ1) is 7.63. The molecular formula is C12H15FNOS. The van der Waals surface area contributed by atoms with E-state index in [0.717, 1.165) is 0 Å². The zero-order valence-corrected chi connectivity index (χ0v) is 9.84. The molecule has 0 spiro atoms. The standard InChI is InChI=1S/C12H15FNOS/c1-2-12(15)14-8-10(16)7-9-5-3-4-6-11(9)13/h3-6,10,16H,1-2,7-8H2,(H,14,15)/t10-/m1/s1.